The second-order valence-electron chi connectivity index (χ2n) is 5.03. The van der Waals surface area contributed by atoms with Crippen molar-refractivity contribution in [2.45, 2.75) is 26.9 Å². The first-order valence-electron chi connectivity index (χ1n) is 6.56. The van der Waals surface area contributed by atoms with Gasteiger partial charge in [0.25, 0.3) is 5.69 Å². The van der Waals surface area contributed by atoms with E-state index in [4.69, 9.17) is 0 Å². The van der Waals surface area contributed by atoms with Gasteiger partial charge in [0.2, 0.25) is 0 Å². The molecular weight excluding hydrogens is 252 g/mol. The van der Waals surface area contributed by atoms with Crippen molar-refractivity contribution in [1.82, 2.24) is 5.32 Å². The Morgan fingerprint density at radius 3 is 2.30 bits per heavy atom. The SMILES string of the molecule is Cc1cc(C)cc(CNCc2cccc([N+](=O)[O-])c2)c1. The Morgan fingerprint density at radius 2 is 1.65 bits per heavy atom. The van der Waals surface area contributed by atoms with Gasteiger partial charge in [-0.1, -0.05) is 41.5 Å². The molecule has 4 heteroatoms. The summed E-state index contributed by atoms with van der Waals surface area (Å²) in [6.07, 6.45) is 0. The molecule has 0 bridgehead atoms. The molecule has 0 saturated heterocycles. The van der Waals surface area contributed by atoms with Gasteiger partial charge in [-0.25, -0.2) is 0 Å². The van der Waals surface area contributed by atoms with Gasteiger partial charge < -0.3 is 5.32 Å². The van der Waals surface area contributed by atoms with Crippen molar-refractivity contribution in [3.8, 4) is 0 Å². The zero-order valence-electron chi connectivity index (χ0n) is 11.7. The maximum absolute atomic E-state index is 10.7. The van der Waals surface area contributed by atoms with Gasteiger partial charge in [0, 0.05) is 25.2 Å². The predicted molar refractivity (Wildman–Crippen MR) is 79.6 cm³/mol. The molecule has 20 heavy (non-hydrogen) atoms. The number of hydrogen-bond acceptors (Lipinski definition) is 3. The average Bonchev–Trinajstić information content (AvgIpc) is 2.38. The highest BCUT2D eigenvalue weighted by molar-refractivity contribution is 5.34. The van der Waals surface area contributed by atoms with Crippen molar-refractivity contribution in [2.75, 3.05) is 0 Å². The van der Waals surface area contributed by atoms with Crippen molar-refractivity contribution >= 4 is 5.69 Å². The van der Waals surface area contributed by atoms with Crippen molar-refractivity contribution in [3.05, 3.63) is 74.8 Å². The van der Waals surface area contributed by atoms with Gasteiger partial charge in [0.15, 0.2) is 0 Å². The first kappa shape index (κ1) is 14.2. The van der Waals surface area contributed by atoms with E-state index in [1.165, 1.54) is 22.8 Å². The van der Waals surface area contributed by atoms with E-state index in [-0.39, 0.29) is 10.6 Å². The summed E-state index contributed by atoms with van der Waals surface area (Å²) in [5, 5.41) is 14.0. The minimum absolute atomic E-state index is 0.135. The molecule has 0 aliphatic heterocycles. The van der Waals surface area contributed by atoms with Crippen LogP contribution in [-0.2, 0) is 13.1 Å². The minimum atomic E-state index is -0.368. The highest BCUT2D eigenvalue weighted by Gasteiger charge is 2.05. The number of nitrogens with one attached hydrogen (secondary N) is 1. The number of non-ortho nitro benzene ring substituents is 1. The van der Waals surface area contributed by atoms with Crippen LogP contribution in [0.3, 0.4) is 0 Å². The standard InChI is InChI=1S/C16H18N2O2/c1-12-6-13(2)8-15(7-12)11-17-10-14-4-3-5-16(9-14)18(19)20/h3-9,17H,10-11H2,1-2H3. The molecule has 0 radical (unpaired) electrons. The van der Waals surface area contributed by atoms with Crippen LogP contribution in [-0.4, -0.2) is 4.92 Å². The van der Waals surface area contributed by atoms with Gasteiger partial charge >= 0.3 is 0 Å². The lowest BCUT2D eigenvalue weighted by molar-refractivity contribution is -0.384. The summed E-state index contributed by atoms with van der Waals surface area (Å²) in [5.74, 6) is 0. The lowest BCUT2D eigenvalue weighted by Gasteiger charge is -2.07. The van der Waals surface area contributed by atoms with E-state index in [9.17, 15) is 10.1 Å². The topological polar surface area (TPSA) is 55.2 Å². The smallest absolute Gasteiger partial charge is 0.269 e. The third-order valence-corrected chi connectivity index (χ3v) is 3.06. The molecular formula is C16H18N2O2. The van der Waals surface area contributed by atoms with Crippen LogP contribution in [0.5, 0.6) is 0 Å². The van der Waals surface area contributed by atoms with Crippen LogP contribution in [0.1, 0.15) is 22.3 Å². The fourth-order valence-electron chi connectivity index (χ4n) is 2.30. The third-order valence-electron chi connectivity index (χ3n) is 3.06. The molecule has 104 valence electrons. The van der Waals surface area contributed by atoms with Gasteiger partial charge in [-0.05, 0) is 25.0 Å². The zero-order valence-corrected chi connectivity index (χ0v) is 11.7. The first-order chi connectivity index (χ1) is 9.54. The van der Waals surface area contributed by atoms with E-state index >= 15 is 0 Å². The molecule has 2 rings (SSSR count). The monoisotopic (exact) mass is 270 g/mol. The van der Waals surface area contributed by atoms with Crippen LogP contribution in [0.2, 0.25) is 0 Å². The van der Waals surface area contributed by atoms with Crippen molar-refractivity contribution < 1.29 is 4.92 Å². The molecule has 0 amide bonds. The molecule has 2 aromatic rings. The van der Waals surface area contributed by atoms with E-state index in [0.29, 0.717) is 6.54 Å². The van der Waals surface area contributed by atoms with Crippen LogP contribution in [0.25, 0.3) is 0 Å². The molecule has 4 nitrogen and oxygen atoms in total. The average molecular weight is 270 g/mol. The van der Waals surface area contributed by atoms with Crippen molar-refractivity contribution in [1.29, 1.82) is 0 Å². The Labute approximate surface area is 118 Å². The van der Waals surface area contributed by atoms with Gasteiger partial charge in [0.05, 0.1) is 4.92 Å². The number of aryl methyl sites for hydroxylation is 2. The summed E-state index contributed by atoms with van der Waals surface area (Å²) in [7, 11) is 0. The summed E-state index contributed by atoms with van der Waals surface area (Å²) in [6, 6.07) is 13.2. The molecule has 0 unspecified atom stereocenters. The predicted octanol–water partition coefficient (Wildman–Crippen LogP) is 3.50. The van der Waals surface area contributed by atoms with Gasteiger partial charge in [0.1, 0.15) is 0 Å². The van der Waals surface area contributed by atoms with Crippen LogP contribution >= 0.6 is 0 Å². The zero-order chi connectivity index (χ0) is 14.5. The fourth-order valence-corrected chi connectivity index (χ4v) is 2.30. The Bertz CT molecular complexity index is 603. The number of nitro benzene ring substituents is 1. The number of nitro groups is 1. The lowest BCUT2D eigenvalue weighted by atomic mass is 10.1. The summed E-state index contributed by atoms with van der Waals surface area (Å²) in [4.78, 5) is 10.3. The maximum atomic E-state index is 10.7. The van der Waals surface area contributed by atoms with Gasteiger partial charge in [-0.15, -0.1) is 0 Å². The van der Waals surface area contributed by atoms with E-state index in [1.807, 2.05) is 6.07 Å². The first-order valence-corrected chi connectivity index (χ1v) is 6.56. The number of benzene rings is 2. The molecule has 1 N–H and O–H groups in total. The van der Waals surface area contributed by atoms with Crippen LogP contribution in [0.15, 0.2) is 42.5 Å². The summed E-state index contributed by atoms with van der Waals surface area (Å²) < 4.78 is 0. The molecule has 2 aromatic carbocycles. The van der Waals surface area contributed by atoms with Crippen LogP contribution in [0.4, 0.5) is 5.69 Å². The fraction of sp³-hybridized carbons (Fsp3) is 0.250. The Morgan fingerprint density at radius 1 is 1.00 bits per heavy atom. The van der Waals surface area contributed by atoms with Crippen molar-refractivity contribution in [3.63, 3.8) is 0 Å². The molecule has 0 aromatic heterocycles. The highest BCUT2D eigenvalue weighted by Crippen LogP contribution is 2.13. The Balaban J connectivity index is 1.95. The largest absolute Gasteiger partial charge is 0.309 e. The Hall–Kier alpha value is -2.20. The normalized spacial score (nSPS) is 10.5. The third kappa shape index (κ3) is 3.90. The molecule has 0 fully saturated rings. The van der Waals surface area contributed by atoms with Gasteiger partial charge in [-0.3, -0.25) is 10.1 Å². The maximum Gasteiger partial charge on any atom is 0.269 e. The lowest BCUT2D eigenvalue weighted by Crippen LogP contribution is -2.13. The Kier molecular flexibility index (Phi) is 4.48. The number of hydrogen-bond donors (Lipinski definition) is 1. The number of nitrogens with zero attached hydrogens (tertiary/aromatic N) is 1. The van der Waals surface area contributed by atoms with E-state index in [1.54, 1.807) is 12.1 Å². The summed E-state index contributed by atoms with van der Waals surface area (Å²) in [5.41, 5.74) is 4.78. The summed E-state index contributed by atoms with van der Waals surface area (Å²) in [6.45, 7) is 5.54. The molecule has 0 aliphatic rings. The molecule has 0 aliphatic carbocycles. The van der Waals surface area contributed by atoms with Crippen LogP contribution < -0.4 is 5.32 Å². The van der Waals surface area contributed by atoms with E-state index < -0.39 is 0 Å². The molecule has 0 atom stereocenters. The van der Waals surface area contributed by atoms with Gasteiger partial charge in [-0.2, -0.15) is 0 Å². The van der Waals surface area contributed by atoms with E-state index in [2.05, 4.69) is 37.4 Å². The number of rotatable bonds is 5. The summed E-state index contributed by atoms with van der Waals surface area (Å²) >= 11 is 0. The highest BCUT2D eigenvalue weighted by atomic mass is 16.6. The molecule has 0 heterocycles. The minimum Gasteiger partial charge on any atom is -0.309 e. The second-order valence-corrected chi connectivity index (χ2v) is 5.03. The van der Waals surface area contributed by atoms with Crippen molar-refractivity contribution in [2.24, 2.45) is 0 Å². The van der Waals surface area contributed by atoms with E-state index in [0.717, 1.165) is 12.1 Å². The second kappa shape index (κ2) is 6.30. The quantitative estimate of drug-likeness (QED) is 0.668. The molecule has 0 spiro atoms. The molecule has 0 saturated carbocycles. The van der Waals surface area contributed by atoms with Crippen LogP contribution in [0, 0.1) is 24.0 Å².